The molecule has 3 rings (SSSR count). The highest BCUT2D eigenvalue weighted by atomic mass is 16.5. The van der Waals surface area contributed by atoms with E-state index in [1.807, 2.05) is 31.3 Å². The lowest BCUT2D eigenvalue weighted by molar-refractivity contribution is 0.344. The van der Waals surface area contributed by atoms with Gasteiger partial charge in [-0.1, -0.05) is 6.07 Å². The third-order valence-electron chi connectivity index (χ3n) is 3.00. The molecule has 96 valence electrons. The molecule has 0 bridgehead atoms. The first-order valence-electron chi connectivity index (χ1n) is 6.35. The summed E-state index contributed by atoms with van der Waals surface area (Å²) in [5, 5.41) is 1.13. The van der Waals surface area contributed by atoms with Crippen LogP contribution in [-0.2, 0) is 6.54 Å². The number of nitrogens with zero attached hydrogens (tertiary/aromatic N) is 3. The zero-order valence-electron chi connectivity index (χ0n) is 10.8. The molecule has 1 aromatic carbocycles. The Labute approximate surface area is 111 Å². The Balaban J connectivity index is 1.99. The lowest BCUT2D eigenvalue weighted by Crippen LogP contribution is -2.02. The molecule has 2 aromatic heterocycles. The van der Waals surface area contributed by atoms with Gasteiger partial charge in [0.05, 0.1) is 18.7 Å². The third kappa shape index (κ3) is 2.29. The van der Waals surface area contributed by atoms with Crippen molar-refractivity contribution in [2.75, 3.05) is 6.61 Å². The third-order valence-corrected chi connectivity index (χ3v) is 3.00. The van der Waals surface area contributed by atoms with Gasteiger partial charge in [0.25, 0.3) is 0 Å². The molecule has 2 heterocycles. The van der Waals surface area contributed by atoms with Gasteiger partial charge >= 0.3 is 0 Å². The Bertz CT molecular complexity index is 676. The fourth-order valence-corrected chi connectivity index (χ4v) is 2.18. The van der Waals surface area contributed by atoms with Crippen molar-refractivity contribution in [1.29, 1.82) is 0 Å². The zero-order valence-corrected chi connectivity index (χ0v) is 10.8. The van der Waals surface area contributed by atoms with Gasteiger partial charge in [-0.05, 0) is 31.2 Å². The van der Waals surface area contributed by atoms with E-state index in [0.717, 1.165) is 22.5 Å². The Morgan fingerprint density at radius 1 is 1.11 bits per heavy atom. The summed E-state index contributed by atoms with van der Waals surface area (Å²) in [5.74, 6) is 1.73. The van der Waals surface area contributed by atoms with Gasteiger partial charge in [0.1, 0.15) is 11.6 Å². The second kappa shape index (κ2) is 5.10. The lowest BCUT2D eigenvalue weighted by Gasteiger charge is -2.07. The lowest BCUT2D eigenvalue weighted by atomic mass is 10.2. The number of ether oxygens (including phenoxy) is 1. The number of rotatable bonds is 4. The molecule has 0 N–H and O–H groups in total. The maximum atomic E-state index is 5.64. The number of hydrogen-bond donors (Lipinski definition) is 0. The smallest absolute Gasteiger partial charge is 0.147 e. The minimum atomic E-state index is 0.667. The van der Waals surface area contributed by atoms with Crippen molar-refractivity contribution in [3.05, 3.63) is 54.7 Å². The zero-order chi connectivity index (χ0) is 13.1. The average Bonchev–Trinajstić information content (AvgIpc) is 2.85. The fraction of sp³-hybridized carbons (Fsp3) is 0.200. The van der Waals surface area contributed by atoms with Gasteiger partial charge in [-0.15, -0.1) is 0 Å². The van der Waals surface area contributed by atoms with Crippen LogP contribution in [0.15, 0.2) is 48.9 Å². The molecule has 0 saturated heterocycles. The summed E-state index contributed by atoms with van der Waals surface area (Å²) < 4.78 is 7.77. The van der Waals surface area contributed by atoms with Crippen molar-refractivity contribution in [2.24, 2.45) is 0 Å². The molecule has 0 aliphatic heterocycles. The predicted molar refractivity (Wildman–Crippen MR) is 74.2 cm³/mol. The first-order chi connectivity index (χ1) is 9.38. The molecule has 0 unspecified atom stereocenters. The van der Waals surface area contributed by atoms with E-state index in [1.165, 1.54) is 0 Å². The van der Waals surface area contributed by atoms with Crippen molar-refractivity contribution in [1.82, 2.24) is 14.5 Å². The predicted octanol–water partition coefficient (Wildman–Crippen LogP) is 2.88. The van der Waals surface area contributed by atoms with Crippen LogP contribution in [0.1, 0.15) is 12.7 Å². The summed E-state index contributed by atoms with van der Waals surface area (Å²) >= 11 is 0. The molecule has 0 atom stereocenters. The van der Waals surface area contributed by atoms with E-state index in [4.69, 9.17) is 4.74 Å². The van der Waals surface area contributed by atoms with Crippen LogP contribution < -0.4 is 4.74 Å². The van der Waals surface area contributed by atoms with Crippen molar-refractivity contribution in [3.8, 4) is 5.75 Å². The monoisotopic (exact) mass is 253 g/mol. The van der Waals surface area contributed by atoms with Crippen LogP contribution in [-0.4, -0.2) is 21.1 Å². The van der Waals surface area contributed by atoms with Crippen LogP contribution >= 0.6 is 0 Å². The van der Waals surface area contributed by atoms with Crippen molar-refractivity contribution < 1.29 is 4.74 Å². The molecule has 0 radical (unpaired) electrons. The van der Waals surface area contributed by atoms with Crippen LogP contribution in [0.25, 0.3) is 10.9 Å². The molecule has 0 aliphatic rings. The molecular formula is C15H15N3O. The van der Waals surface area contributed by atoms with Crippen LogP contribution in [0.5, 0.6) is 5.75 Å². The molecule has 0 amide bonds. The Morgan fingerprint density at radius 3 is 2.74 bits per heavy atom. The molecule has 3 aromatic rings. The molecule has 4 nitrogen and oxygen atoms in total. The van der Waals surface area contributed by atoms with Gasteiger partial charge in [0, 0.05) is 24.0 Å². The molecule has 19 heavy (non-hydrogen) atoms. The highest BCUT2D eigenvalue weighted by molar-refractivity contribution is 5.86. The summed E-state index contributed by atoms with van der Waals surface area (Å²) in [6.07, 6.45) is 5.57. The van der Waals surface area contributed by atoms with Crippen LogP contribution in [0.3, 0.4) is 0 Å². The SMILES string of the molecule is CCOc1cccc2c1ccn2Cc1ncccn1. The maximum absolute atomic E-state index is 5.64. The van der Waals surface area contributed by atoms with Crippen molar-refractivity contribution in [3.63, 3.8) is 0 Å². The maximum Gasteiger partial charge on any atom is 0.147 e. The Hall–Kier alpha value is -2.36. The normalized spacial score (nSPS) is 10.8. The molecule has 0 saturated carbocycles. The highest BCUT2D eigenvalue weighted by Gasteiger charge is 2.07. The second-order valence-corrected chi connectivity index (χ2v) is 4.23. The molecule has 0 spiro atoms. The minimum absolute atomic E-state index is 0.667. The number of hydrogen-bond acceptors (Lipinski definition) is 3. The van der Waals surface area contributed by atoms with Gasteiger partial charge in [-0.2, -0.15) is 0 Å². The van der Waals surface area contributed by atoms with E-state index in [-0.39, 0.29) is 0 Å². The number of benzene rings is 1. The van der Waals surface area contributed by atoms with Crippen molar-refractivity contribution in [2.45, 2.75) is 13.5 Å². The van der Waals surface area contributed by atoms with Crippen molar-refractivity contribution >= 4 is 10.9 Å². The quantitative estimate of drug-likeness (QED) is 0.717. The summed E-state index contributed by atoms with van der Waals surface area (Å²) in [6, 6.07) is 9.99. The standard InChI is InChI=1S/C15H15N3O/c1-2-19-14-6-3-5-13-12(14)7-10-18(13)11-15-16-8-4-9-17-15/h3-10H,2,11H2,1H3. The Kier molecular flexibility index (Phi) is 3.14. The van der Waals surface area contributed by atoms with E-state index in [0.29, 0.717) is 13.2 Å². The van der Waals surface area contributed by atoms with Gasteiger partial charge in [-0.3, -0.25) is 0 Å². The van der Waals surface area contributed by atoms with Gasteiger partial charge < -0.3 is 9.30 Å². The average molecular weight is 253 g/mol. The van der Waals surface area contributed by atoms with Crippen LogP contribution in [0, 0.1) is 0 Å². The molecule has 4 heteroatoms. The van der Waals surface area contributed by atoms with E-state index >= 15 is 0 Å². The summed E-state index contributed by atoms with van der Waals surface area (Å²) in [4.78, 5) is 8.51. The first-order valence-corrected chi connectivity index (χ1v) is 6.35. The van der Waals surface area contributed by atoms with E-state index < -0.39 is 0 Å². The van der Waals surface area contributed by atoms with E-state index in [9.17, 15) is 0 Å². The van der Waals surface area contributed by atoms with E-state index in [1.54, 1.807) is 12.4 Å². The minimum Gasteiger partial charge on any atom is -0.493 e. The molecular weight excluding hydrogens is 238 g/mol. The summed E-state index contributed by atoms with van der Waals surface area (Å²) in [7, 11) is 0. The van der Waals surface area contributed by atoms with Gasteiger partial charge in [0.2, 0.25) is 0 Å². The number of fused-ring (bicyclic) bond motifs is 1. The Morgan fingerprint density at radius 2 is 1.95 bits per heavy atom. The number of aromatic nitrogens is 3. The van der Waals surface area contributed by atoms with Crippen LogP contribution in [0.4, 0.5) is 0 Å². The van der Waals surface area contributed by atoms with Crippen LogP contribution in [0.2, 0.25) is 0 Å². The van der Waals surface area contributed by atoms with Gasteiger partial charge in [0.15, 0.2) is 0 Å². The summed E-state index contributed by atoms with van der Waals surface area (Å²) in [6.45, 7) is 3.33. The largest absolute Gasteiger partial charge is 0.493 e. The topological polar surface area (TPSA) is 39.9 Å². The second-order valence-electron chi connectivity index (χ2n) is 4.23. The van der Waals surface area contributed by atoms with E-state index in [2.05, 4.69) is 26.7 Å². The molecule has 0 fully saturated rings. The highest BCUT2D eigenvalue weighted by Crippen LogP contribution is 2.26. The first kappa shape index (κ1) is 11.7. The van der Waals surface area contributed by atoms with Gasteiger partial charge in [-0.25, -0.2) is 9.97 Å². The molecule has 0 aliphatic carbocycles. The fourth-order valence-electron chi connectivity index (χ4n) is 2.18. The summed E-state index contributed by atoms with van der Waals surface area (Å²) in [5.41, 5.74) is 1.14.